The summed E-state index contributed by atoms with van der Waals surface area (Å²) in [5.74, 6) is 2.01. The SMILES string of the molecule is Cc1nc(C#N)cc(NCc2ccco2)n1. The molecule has 2 heterocycles. The minimum Gasteiger partial charge on any atom is -0.467 e. The monoisotopic (exact) mass is 214 g/mol. The first kappa shape index (κ1) is 10.2. The number of nitrogens with one attached hydrogen (secondary N) is 1. The molecule has 0 aliphatic carbocycles. The van der Waals surface area contributed by atoms with E-state index in [1.165, 1.54) is 0 Å². The number of aryl methyl sites for hydroxylation is 1. The molecule has 0 unspecified atom stereocenters. The quantitative estimate of drug-likeness (QED) is 0.844. The first-order valence-electron chi connectivity index (χ1n) is 4.80. The Morgan fingerprint density at radius 1 is 1.50 bits per heavy atom. The average Bonchev–Trinajstić information content (AvgIpc) is 2.78. The van der Waals surface area contributed by atoms with Crippen LogP contribution < -0.4 is 5.32 Å². The van der Waals surface area contributed by atoms with Crippen molar-refractivity contribution in [3.05, 3.63) is 41.7 Å². The molecule has 80 valence electrons. The fraction of sp³-hybridized carbons (Fsp3) is 0.182. The predicted octanol–water partition coefficient (Wildman–Crippen LogP) is 1.86. The van der Waals surface area contributed by atoms with Crippen molar-refractivity contribution < 1.29 is 4.42 Å². The molecule has 2 aromatic rings. The van der Waals surface area contributed by atoms with Gasteiger partial charge in [-0.05, 0) is 19.1 Å². The van der Waals surface area contributed by atoms with Gasteiger partial charge in [-0.15, -0.1) is 0 Å². The van der Waals surface area contributed by atoms with E-state index >= 15 is 0 Å². The summed E-state index contributed by atoms with van der Waals surface area (Å²) >= 11 is 0. The number of anilines is 1. The van der Waals surface area contributed by atoms with Crippen LogP contribution in [0.25, 0.3) is 0 Å². The van der Waals surface area contributed by atoms with Crippen LogP contribution in [0.3, 0.4) is 0 Å². The van der Waals surface area contributed by atoms with Gasteiger partial charge in [0, 0.05) is 6.07 Å². The van der Waals surface area contributed by atoms with E-state index in [1.807, 2.05) is 18.2 Å². The van der Waals surface area contributed by atoms with Gasteiger partial charge in [0.2, 0.25) is 0 Å². The third-order valence-electron chi connectivity index (χ3n) is 1.98. The molecule has 0 bridgehead atoms. The molecular weight excluding hydrogens is 204 g/mol. The highest BCUT2D eigenvalue weighted by Crippen LogP contribution is 2.08. The molecule has 5 nitrogen and oxygen atoms in total. The zero-order valence-electron chi connectivity index (χ0n) is 8.77. The topological polar surface area (TPSA) is 74.7 Å². The predicted molar refractivity (Wildman–Crippen MR) is 57.5 cm³/mol. The molecule has 0 aliphatic rings. The summed E-state index contributed by atoms with van der Waals surface area (Å²) in [7, 11) is 0. The van der Waals surface area contributed by atoms with Crippen LogP contribution in [-0.2, 0) is 6.54 Å². The van der Waals surface area contributed by atoms with E-state index in [0.29, 0.717) is 23.9 Å². The van der Waals surface area contributed by atoms with Gasteiger partial charge in [-0.1, -0.05) is 0 Å². The zero-order valence-corrected chi connectivity index (χ0v) is 8.77. The number of rotatable bonds is 3. The minimum atomic E-state index is 0.356. The summed E-state index contributed by atoms with van der Waals surface area (Å²) in [6, 6.07) is 7.28. The molecular formula is C11H10N4O. The highest BCUT2D eigenvalue weighted by atomic mass is 16.3. The smallest absolute Gasteiger partial charge is 0.146 e. The summed E-state index contributed by atoms with van der Waals surface area (Å²) < 4.78 is 5.17. The summed E-state index contributed by atoms with van der Waals surface area (Å²) in [5, 5.41) is 11.8. The molecule has 0 radical (unpaired) electrons. The molecule has 5 heteroatoms. The van der Waals surface area contributed by atoms with Crippen molar-refractivity contribution in [2.45, 2.75) is 13.5 Å². The first-order valence-corrected chi connectivity index (χ1v) is 4.80. The first-order chi connectivity index (χ1) is 7.78. The molecule has 16 heavy (non-hydrogen) atoms. The Labute approximate surface area is 92.8 Å². The fourth-order valence-electron chi connectivity index (χ4n) is 1.31. The van der Waals surface area contributed by atoms with Crippen molar-refractivity contribution in [1.29, 1.82) is 5.26 Å². The highest BCUT2D eigenvalue weighted by molar-refractivity contribution is 5.40. The van der Waals surface area contributed by atoms with Crippen molar-refractivity contribution in [3.8, 4) is 6.07 Å². The lowest BCUT2D eigenvalue weighted by atomic mass is 10.4. The summed E-state index contributed by atoms with van der Waals surface area (Å²) in [4.78, 5) is 8.13. The second-order valence-corrected chi connectivity index (χ2v) is 3.23. The van der Waals surface area contributed by atoms with Crippen LogP contribution in [0.15, 0.2) is 28.9 Å². The largest absolute Gasteiger partial charge is 0.467 e. The minimum absolute atomic E-state index is 0.356. The number of hydrogen-bond acceptors (Lipinski definition) is 5. The Bertz CT molecular complexity index is 513. The van der Waals surface area contributed by atoms with Gasteiger partial charge in [-0.3, -0.25) is 0 Å². The molecule has 2 aromatic heterocycles. The van der Waals surface area contributed by atoms with Crippen molar-refractivity contribution in [2.24, 2.45) is 0 Å². The van der Waals surface area contributed by atoms with Gasteiger partial charge in [-0.25, -0.2) is 9.97 Å². The van der Waals surface area contributed by atoms with Crippen molar-refractivity contribution in [3.63, 3.8) is 0 Å². The van der Waals surface area contributed by atoms with E-state index in [9.17, 15) is 0 Å². The zero-order chi connectivity index (χ0) is 11.4. The van der Waals surface area contributed by atoms with Crippen LogP contribution >= 0.6 is 0 Å². The Balaban J connectivity index is 2.10. The molecule has 0 amide bonds. The van der Waals surface area contributed by atoms with Crippen LogP contribution in [-0.4, -0.2) is 9.97 Å². The average molecular weight is 214 g/mol. The molecule has 0 saturated heterocycles. The summed E-state index contributed by atoms with van der Waals surface area (Å²) in [5.41, 5.74) is 0.356. The molecule has 1 N–H and O–H groups in total. The van der Waals surface area contributed by atoms with Gasteiger partial charge in [-0.2, -0.15) is 5.26 Å². The standard InChI is InChI=1S/C11H10N4O/c1-8-14-9(6-12)5-11(15-8)13-7-10-3-2-4-16-10/h2-5H,7H2,1H3,(H,13,14,15). The number of furan rings is 1. The van der Waals surface area contributed by atoms with Gasteiger partial charge < -0.3 is 9.73 Å². The maximum atomic E-state index is 8.75. The van der Waals surface area contributed by atoms with E-state index in [0.717, 1.165) is 5.76 Å². The Morgan fingerprint density at radius 3 is 3.06 bits per heavy atom. The van der Waals surface area contributed by atoms with Crippen molar-refractivity contribution in [1.82, 2.24) is 9.97 Å². The molecule has 0 aromatic carbocycles. The second-order valence-electron chi connectivity index (χ2n) is 3.23. The van der Waals surface area contributed by atoms with Gasteiger partial charge in [0.05, 0.1) is 12.8 Å². The molecule has 2 rings (SSSR count). The molecule has 0 saturated carbocycles. The molecule has 0 atom stereocenters. The summed E-state index contributed by atoms with van der Waals surface area (Å²) in [6.07, 6.45) is 1.61. The van der Waals surface area contributed by atoms with E-state index in [1.54, 1.807) is 19.3 Å². The Morgan fingerprint density at radius 2 is 2.38 bits per heavy atom. The lowest BCUT2D eigenvalue weighted by Gasteiger charge is -2.04. The van der Waals surface area contributed by atoms with Crippen molar-refractivity contribution >= 4 is 5.82 Å². The Hall–Kier alpha value is -2.35. The van der Waals surface area contributed by atoms with Crippen LogP contribution in [0.2, 0.25) is 0 Å². The van der Waals surface area contributed by atoms with Crippen LogP contribution in [0.4, 0.5) is 5.82 Å². The maximum Gasteiger partial charge on any atom is 0.146 e. The Kier molecular flexibility index (Phi) is 2.83. The normalized spacial score (nSPS) is 9.75. The third-order valence-corrected chi connectivity index (χ3v) is 1.98. The number of aromatic nitrogens is 2. The molecule has 0 aliphatic heterocycles. The highest BCUT2D eigenvalue weighted by Gasteiger charge is 2.01. The van der Waals surface area contributed by atoms with Crippen LogP contribution in [0.5, 0.6) is 0 Å². The molecule has 0 fully saturated rings. The van der Waals surface area contributed by atoms with E-state index in [-0.39, 0.29) is 0 Å². The maximum absolute atomic E-state index is 8.75. The van der Waals surface area contributed by atoms with Crippen LogP contribution in [0, 0.1) is 18.3 Å². The lowest BCUT2D eigenvalue weighted by molar-refractivity contribution is 0.517. The van der Waals surface area contributed by atoms with E-state index in [4.69, 9.17) is 9.68 Å². The lowest BCUT2D eigenvalue weighted by Crippen LogP contribution is -2.03. The third kappa shape index (κ3) is 2.36. The number of hydrogen-bond donors (Lipinski definition) is 1. The second kappa shape index (κ2) is 4.45. The molecule has 0 spiro atoms. The fourth-order valence-corrected chi connectivity index (χ4v) is 1.31. The van der Waals surface area contributed by atoms with Gasteiger partial charge in [0.1, 0.15) is 29.2 Å². The number of nitrogens with zero attached hydrogens (tertiary/aromatic N) is 3. The van der Waals surface area contributed by atoms with Gasteiger partial charge >= 0.3 is 0 Å². The van der Waals surface area contributed by atoms with Gasteiger partial charge in [0.15, 0.2) is 0 Å². The van der Waals surface area contributed by atoms with Crippen LogP contribution in [0.1, 0.15) is 17.3 Å². The summed E-state index contributed by atoms with van der Waals surface area (Å²) in [6.45, 7) is 2.28. The van der Waals surface area contributed by atoms with E-state index in [2.05, 4.69) is 15.3 Å². The van der Waals surface area contributed by atoms with Gasteiger partial charge in [0.25, 0.3) is 0 Å². The van der Waals surface area contributed by atoms with Crippen molar-refractivity contribution in [2.75, 3.05) is 5.32 Å². The number of nitriles is 1. The van der Waals surface area contributed by atoms with E-state index < -0.39 is 0 Å².